The number of rotatable bonds is 6. The van der Waals surface area contributed by atoms with E-state index >= 15 is 0 Å². The van der Waals surface area contributed by atoms with Crippen LogP contribution in [0.1, 0.15) is 12.5 Å². The van der Waals surface area contributed by atoms with E-state index in [1.807, 2.05) is 18.2 Å². The zero-order valence-electron chi connectivity index (χ0n) is 12.4. The van der Waals surface area contributed by atoms with Crippen LogP contribution in [0.5, 0.6) is 5.75 Å². The molecule has 0 radical (unpaired) electrons. The van der Waals surface area contributed by atoms with Crippen molar-refractivity contribution in [1.29, 1.82) is 0 Å². The molecule has 7 heteroatoms. The lowest BCUT2D eigenvalue weighted by Gasteiger charge is -2.18. The van der Waals surface area contributed by atoms with Crippen LogP contribution in [0, 0.1) is 0 Å². The number of ether oxygens (including phenoxy) is 1. The van der Waals surface area contributed by atoms with E-state index in [0.29, 0.717) is 17.3 Å². The molecule has 1 fully saturated rings. The number of nitrogens with zero attached hydrogens (tertiary/aromatic N) is 1. The number of thioether (sulfide) groups is 1. The van der Waals surface area contributed by atoms with Gasteiger partial charge < -0.3 is 9.84 Å². The van der Waals surface area contributed by atoms with Gasteiger partial charge in [0.15, 0.2) is 0 Å². The van der Waals surface area contributed by atoms with Crippen molar-refractivity contribution in [2.45, 2.75) is 13.0 Å². The van der Waals surface area contributed by atoms with Gasteiger partial charge in [-0.15, -0.1) is 0 Å². The summed E-state index contributed by atoms with van der Waals surface area (Å²) in [5.41, 5.74) is 0.720. The van der Waals surface area contributed by atoms with Gasteiger partial charge in [-0.2, -0.15) is 0 Å². The second kappa shape index (κ2) is 7.43. The van der Waals surface area contributed by atoms with Crippen molar-refractivity contribution in [1.82, 2.24) is 4.90 Å². The minimum absolute atomic E-state index is 0.237. The second-order valence-electron chi connectivity index (χ2n) is 4.70. The monoisotopic (exact) mass is 349 g/mol. The zero-order valence-corrected chi connectivity index (χ0v) is 14.0. The molecule has 0 aliphatic carbocycles. The number of carbonyl (C=O) groups is 2. The van der Waals surface area contributed by atoms with E-state index < -0.39 is 17.9 Å². The molecule has 0 spiro atoms. The summed E-state index contributed by atoms with van der Waals surface area (Å²) < 4.78 is 5.78. The van der Waals surface area contributed by atoms with Crippen LogP contribution in [0.4, 0.5) is 0 Å². The van der Waals surface area contributed by atoms with Gasteiger partial charge in [0.1, 0.15) is 22.7 Å². The molecule has 1 heterocycles. The highest BCUT2D eigenvalue weighted by molar-refractivity contribution is 8.26. The molecule has 1 N–H and O–H groups in total. The Balaban J connectivity index is 2.31. The molecule has 1 saturated heterocycles. The quantitative estimate of drug-likeness (QED) is 0.484. The van der Waals surface area contributed by atoms with Gasteiger partial charge in [-0.1, -0.05) is 54.8 Å². The molecule has 1 aromatic carbocycles. The Morgan fingerprint density at radius 1 is 1.52 bits per heavy atom. The SMILES string of the molecule is C=CCOc1ccccc1/C=C1\SC(=S)N([C@@H](C)C(=O)O)C1=O. The van der Waals surface area contributed by atoms with E-state index in [1.165, 1.54) is 6.92 Å². The van der Waals surface area contributed by atoms with Gasteiger partial charge in [-0.3, -0.25) is 9.69 Å². The van der Waals surface area contributed by atoms with E-state index in [1.54, 1.807) is 18.2 Å². The van der Waals surface area contributed by atoms with Crippen LogP contribution >= 0.6 is 24.0 Å². The molecule has 1 atom stereocenters. The standard InChI is InChI=1S/C16H15NO4S2/c1-3-8-21-12-7-5-4-6-11(12)9-13-14(18)17(16(22)23-13)10(2)15(19)20/h3-7,9-10H,1,8H2,2H3,(H,19,20)/b13-9-/t10-/m0/s1. The van der Waals surface area contributed by atoms with Gasteiger partial charge in [0.05, 0.1) is 4.91 Å². The Hall–Kier alpha value is -2.12. The number of carboxylic acids is 1. The third-order valence-electron chi connectivity index (χ3n) is 3.13. The van der Waals surface area contributed by atoms with E-state index in [0.717, 1.165) is 22.2 Å². The molecule has 2 rings (SSSR count). The molecule has 23 heavy (non-hydrogen) atoms. The van der Waals surface area contributed by atoms with Gasteiger partial charge in [0, 0.05) is 5.56 Å². The van der Waals surface area contributed by atoms with Crippen LogP contribution in [0.25, 0.3) is 6.08 Å². The fraction of sp³-hybridized carbons (Fsp3) is 0.188. The third kappa shape index (κ3) is 3.80. The average molecular weight is 349 g/mol. The summed E-state index contributed by atoms with van der Waals surface area (Å²) in [4.78, 5) is 25.0. The van der Waals surface area contributed by atoms with Crippen molar-refractivity contribution in [3.63, 3.8) is 0 Å². The molecule has 120 valence electrons. The molecule has 1 amide bonds. The smallest absolute Gasteiger partial charge is 0.326 e. The highest BCUT2D eigenvalue weighted by atomic mass is 32.2. The molecule has 0 aromatic heterocycles. The number of hydrogen-bond donors (Lipinski definition) is 1. The number of carbonyl (C=O) groups excluding carboxylic acids is 1. The van der Waals surface area contributed by atoms with Crippen LogP contribution in [-0.2, 0) is 9.59 Å². The summed E-state index contributed by atoms with van der Waals surface area (Å²) in [5.74, 6) is -0.894. The molecule has 1 aliphatic rings. The van der Waals surface area contributed by atoms with E-state index in [-0.39, 0.29) is 4.32 Å². The Morgan fingerprint density at radius 3 is 2.87 bits per heavy atom. The molecule has 0 bridgehead atoms. The van der Waals surface area contributed by atoms with Gasteiger partial charge in [0.2, 0.25) is 0 Å². The second-order valence-corrected chi connectivity index (χ2v) is 6.38. The van der Waals surface area contributed by atoms with Crippen LogP contribution in [-0.4, -0.2) is 38.9 Å². The first kappa shape index (κ1) is 17.2. The minimum atomic E-state index is -1.10. The average Bonchev–Trinajstić information content (AvgIpc) is 2.79. The number of benzene rings is 1. The van der Waals surface area contributed by atoms with Crippen LogP contribution in [0.3, 0.4) is 0 Å². The van der Waals surface area contributed by atoms with Crippen LogP contribution in [0.15, 0.2) is 41.8 Å². The van der Waals surface area contributed by atoms with Crippen molar-refractivity contribution in [2.24, 2.45) is 0 Å². The molecular formula is C16H15NO4S2. The van der Waals surface area contributed by atoms with E-state index in [2.05, 4.69) is 6.58 Å². The molecule has 1 aliphatic heterocycles. The lowest BCUT2D eigenvalue weighted by Crippen LogP contribution is -2.41. The molecule has 0 saturated carbocycles. The van der Waals surface area contributed by atoms with Crippen molar-refractivity contribution in [3.05, 3.63) is 47.4 Å². The van der Waals surface area contributed by atoms with Gasteiger partial charge >= 0.3 is 5.97 Å². The molecule has 0 unspecified atom stereocenters. The number of carboxylic acid groups (broad SMARTS) is 1. The van der Waals surface area contributed by atoms with Gasteiger partial charge in [-0.05, 0) is 19.1 Å². The topological polar surface area (TPSA) is 66.8 Å². The van der Waals surface area contributed by atoms with E-state index in [4.69, 9.17) is 22.1 Å². The summed E-state index contributed by atoms with van der Waals surface area (Å²) in [6.45, 7) is 5.38. The largest absolute Gasteiger partial charge is 0.489 e. The summed E-state index contributed by atoms with van der Waals surface area (Å²) in [7, 11) is 0. The Labute approximate surface area is 143 Å². The normalized spacial score (nSPS) is 17.4. The first-order valence-corrected chi connectivity index (χ1v) is 8.00. The van der Waals surface area contributed by atoms with Crippen molar-refractivity contribution < 1.29 is 19.4 Å². The third-order valence-corrected chi connectivity index (χ3v) is 4.46. The van der Waals surface area contributed by atoms with Crippen molar-refractivity contribution >= 4 is 46.3 Å². The number of amides is 1. The van der Waals surface area contributed by atoms with Gasteiger partial charge in [0.25, 0.3) is 5.91 Å². The Morgan fingerprint density at radius 2 is 2.22 bits per heavy atom. The zero-order chi connectivity index (χ0) is 17.0. The maximum absolute atomic E-state index is 12.4. The van der Waals surface area contributed by atoms with Crippen LogP contribution in [0.2, 0.25) is 0 Å². The molecular weight excluding hydrogens is 334 g/mol. The van der Waals surface area contributed by atoms with Crippen molar-refractivity contribution in [3.8, 4) is 5.75 Å². The highest BCUT2D eigenvalue weighted by Crippen LogP contribution is 2.35. The lowest BCUT2D eigenvalue weighted by atomic mass is 10.2. The lowest BCUT2D eigenvalue weighted by molar-refractivity contribution is -0.144. The molecule has 5 nitrogen and oxygen atoms in total. The predicted octanol–water partition coefficient (Wildman–Crippen LogP) is 2.93. The first-order valence-electron chi connectivity index (χ1n) is 6.78. The molecule has 1 aromatic rings. The first-order chi connectivity index (χ1) is 11.0. The number of aliphatic carboxylic acids is 1. The summed E-state index contributed by atoms with van der Waals surface area (Å²) in [5, 5.41) is 9.08. The number of para-hydroxylation sites is 1. The van der Waals surface area contributed by atoms with E-state index in [9.17, 15) is 9.59 Å². The number of thiocarbonyl (C=S) groups is 1. The fourth-order valence-corrected chi connectivity index (χ4v) is 3.35. The minimum Gasteiger partial charge on any atom is -0.489 e. The summed E-state index contributed by atoms with van der Waals surface area (Å²) in [6, 6.07) is 6.25. The summed E-state index contributed by atoms with van der Waals surface area (Å²) >= 11 is 6.21. The fourth-order valence-electron chi connectivity index (χ4n) is 1.95. The number of hydrogen-bond acceptors (Lipinski definition) is 5. The van der Waals surface area contributed by atoms with Gasteiger partial charge in [-0.25, -0.2) is 4.79 Å². The predicted molar refractivity (Wildman–Crippen MR) is 94.2 cm³/mol. The highest BCUT2D eigenvalue weighted by Gasteiger charge is 2.38. The maximum atomic E-state index is 12.4. The Kier molecular flexibility index (Phi) is 5.57. The Bertz CT molecular complexity index is 699. The van der Waals surface area contributed by atoms with Crippen molar-refractivity contribution in [2.75, 3.05) is 6.61 Å². The summed E-state index contributed by atoms with van der Waals surface area (Å²) in [6.07, 6.45) is 3.29. The maximum Gasteiger partial charge on any atom is 0.326 e. The van der Waals surface area contributed by atoms with Crippen LogP contribution < -0.4 is 4.74 Å².